The van der Waals surface area contributed by atoms with Crippen LogP contribution in [0.15, 0.2) is 24.3 Å². The molecule has 1 aromatic rings. The monoisotopic (exact) mass is 189 g/mol. The van der Waals surface area contributed by atoms with Crippen LogP contribution in [0.2, 0.25) is 0 Å². The maximum absolute atomic E-state index is 11.6. The number of rotatable bonds is 0. The highest BCUT2D eigenvalue weighted by molar-refractivity contribution is 5.80. The second kappa shape index (κ2) is 3.45. The molecule has 14 heavy (non-hydrogen) atoms. The van der Waals surface area contributed by atoms with Crippen molar-refractivity contribution in [2.24, 2.45) is 5.92 Å². The molecule has 0 radical (unpaired) electrons. The summed E-state index contributed by atoms with van der Waals surface area (Å²) in [6.07, 6.45) is 0. The van der Waals surface area contributed by atoms with Gasteiger partial charge in [-0.15, -0.1) is 0 Å². The third-order valence-electron chi connectivity index (χ3n) is 3.16. The molecule has 74 valence electrons. The topological polar surface area (TPSA) is 29.1 Å². The molecule has 1 amide bonds. The van der Waals surface area contributed by atoms with Crippen LogP contribution in [-0.4, -0.2) is 5.91 Å². The summed E-state index contributed by atoms with van der Waals surface area (Å²) >= 11 is 0. The molecule has 1 aliphatic rings. The molecular weight excluding hydrogens is 174 g/mol. The van der Waals surface area contributed by atoms with E-state index in [-0.39, 0.29) is 11.8 Å². The molecule has 1 aromatic carbocycles. The minimum atomic E-state index is 0.0682. The molecule has 0 aliphatic carbocycles. The fraction of sp³-hybridized carbons (Fsp3) is 0.417. The number of benzene rings is 1. The Morgan fingerprint density at radius 1 is 1.21 bits per heavy atom. The van der Waals surface area contributed by atoms with Crippen molar-refractivity contribution in [1.82, 2.24) is 5.32 Å². The second-order valence-corrected chi connectivity index (χ2v) is 3.99. The van der Waals surface area contributed by atoms with Crippen LogP contribution in [0, 0.1) is 5.92 Å². The lowest BCUT2D eigenvalue weighted by atomic mass is 9.87. The Hall–Kier alpha value is -1.31. The van der Waals surface area contributed by atoms with Crippen molar-refractivity contribution in [3.63, 3.8) is 0 Å². The normalized spacial score (nSPS) is 26.3. The van der Waals surface area contributed by atoms with Gasteiger partial charge in [0.05, 0.1) is 0 Å². The summed E-state index contributed by atoms with van der Waals surface area (Å²) in [5, 5.41) is 2.94. The minimum absolute atomic E-state index is 0.0682. The van der Waals surface area contributed by atoms with Gasteiger partial charge in [-0.25, -0.2) is 0 Å². The second-order valence-electron chi connectivity index (χ2n) is 3.99. The highest BCUT2D eigenvalue weighted by Gasteiger charge is 2.26. The third-order valence-corrected chi connectivity index (χ3v) is 3.16. The van der Waals surface area contributed by atoms with Gasteiger partial charge in [0, 0.05) is 12.5 Å². The first kappa shape index (κ1) is 9.25. The van der Waals surface area contributed by atoms with Crippen LogP contribution in [-0.2, 0) is 11.3 Å². The van der Waals surface area contributed by atoms with Crippen molar-refractivity contribution in [3.05, 3.63) is 35.4 Å². The summed E-state index contributed by atoms with van der Waals surface area (Å²) in [6, 6.07) is 8.27. The largest absolute Gasteiger partial charge is 0.352 e. The van der Waals surface area contributed by atoms with E-state index in [9.17, 15) is 4.79 Å². The fourth-order valence-electron chi connectivity index (χ4n) is 1.98. The van der Waals surface area contributed by atoms with Crippen LogP contribution in [0.4, 0.5) is 0 Å². The van der Waals surface area contributed by atoms with E-state index in [1.54, 1.807) is 0 Å². The number of hydrogen-bond donors (Lipinski definition) is 1. The van der Waals surface area contributed by atoms with E-state index in [0.717, 1.165) is 0 Å². The minimum Gasteiger partial charge on any atom is -0.352 e. The van der Waals surface area contributed by atoms with E-state index in [4.69, 9.17) is 0 Å². The van der Waals surface area contributed by atoms with Gasteiger partial charge in [0.25, 0.3) is 0 Å². The molecule has 0 aromatic heterocycles. The van der Waals surface area contributed by atoms with Crippen LogP contribution in [0.5, 0.6) is 0 Å². The number of carbonyl (C=O) groups is 1. The van der Waals surface area contributed by atoms with Crippen molar-refractivity contribution < 1.29 is 4.79 Å². The zero-order chi connectivity index (χ0) is 10.1. The first-order valence-corrected chi connectivity index (χ1v) is 5.05. The Labute approximate surface area is 84.3 Å². The number of fused-ring (bicyclic) bond motifs is 1. The van der Waals surface area contributed by atoms with Crippen LogP contribution >= 0.6 is 0 Å². The molecule has 0 unspecified atom stereocenters. The van der Waals surface area contributed by atoms with E-state index < -0.39 is 0 Å². The van der Waals surface area contributed by atoms with Crippen molar-refractivity contribution in [2.45, 2.75) is 26.3 Å². The van der Waals surface area contributed by atoms with E-state index >= 15 is 0 Å². The van der Waals surface area contributed by atoms with Crippen molar-refractivity contribution in [3.8, 4) is 0 Å². The van der Waals surface area contributed by atoms with Gasteiger partial charge in [0.1, 0.15) is 0 Å². The lowest BCUT2D eigenvalue weighted by molar-refractivity contribution is -0.124. The first-order chi connectivity index (χ1) is 6.70. The van der Waals surface area contributed by atoms with Gasteiger partial charge in [-0.3, -0.25) is 4.79 Å². The average molecular weight is 189 g/mol. The molecule has 2 rings (SSSR count). The summed E-state index contributed by atoms with van der Waals surface area (Å²) in [6.45, 7) is 4.78. The quantitative estimate of drug-likeness (QED) is 0.665. The highest BCUT2D eigenvalue weighted by atomic mass is 16.1. The maximum Gasteiger partial charge on any atom is 0.223 e. The van der Waals surface area contributed by atoms with E-state index in [1.807, 2.05) is 19.1 Å². The predicted octanol–water partition coefficient (Wildman–Crippen LogP) is 2.06. The number of hydrogen-bond acceptors (Lipinski definition) is 1. The molecule has 0 saturated carbocycles. The Morgan fingerprint density at radius 2 is 1.93 bits per heavy atom. The Bertz CT molecular complexity index is 359. The average Bonchev–Trinajstić information content (AvgIpc) is 2.32. The summed E-state index contributed by atoms with van der Waals surface area (Å²) in [5.74, 6) is 0.543. The van der Waals surface area contributed by atoms with Gasteiger partial charge in [-0.1, -0.05) is 38.1 Å². The lowest BCUT2D eigenvalue weighted by Crippen LogP contribution is -2.28. The molecule has 0 saturated heterocycles. The van der Waals surface area contributed by atoms with Crippen molar-refractivity contribution in [2.75, 3.05) is 0 Å². The van der Waals surface area contributed by atoms with Crippen molar-refractivity contribution in [1.29, 1.82) is 0 Å². The molecule has 0 bridgehead atoms. The standard InChI is InChI=1S/C12H15NO/c1-8-9(2)12(14)13-7-10-5-3-4-6-11(8)10/h3-6,8-9H,7H2,1-2H3,(H,13,14)/t8-,9+/m1/s1. The molecule has 1 N–H and O–H groups in total. The van der Waals surface area contributed by atoms with Crippen LogP contribution in [0.25, 0.3) is 0 Å². The predicted molar refractivity (Wildman–Crippen MR) is 55.9 cm³/mol. The van der Waals surface area contributed by atoms with Crippen LogP contribution in [0.3, 0.4) is 0 Å². The molecule has 2 nitrogen and oxygen atoms in total. The Kier molecular flexibility index (Phi) is 2.28. The molecule has 2 atom stereocenters. The Morgan fingerprint density at radius 3 is 2.71 bits per heavy atom. The van der Waals surface area contributed by atoms with Crippen LogP contribution < -0.4 is 5.32 Å². The molecule has 0 spiro atoms. The Balaban J connectivity index is 2.45. The molecule has 0 fully saturated rings. The molecule has 1 heterocycles. The summed E-state index contributed by atoms with van der Waals surface area (Å²) in [5.41, 5.74) is 2.55. The van der Waals surface area contributed by atoms with Gasteiger partial charge in [0.2, 0.25) is 5.91 Å². The first-order valence-electron chi connectivity index (χ1n) is 5.05. The summed E-state index contributed by atoms with van der Waals surface area (Å²) in [7, 11) is 0. The van der Waals surface area contributed by atoms with Gasteiger partial charge in [-0.2, -0.15) is 0 Å². The zero-order valence-corrected chi connectivity index (χ0v) is 8.58. The molecule has 1 aliphatic heterocycles. The van der Waals surface area contributed by atoms with Crippen LogP contribution in [0.1, 0.15) is 30.9 Å². The lowest BCUT2D eigenvalue weighted by Gasteiger charge is -2.16. The van der Waals surface area contributed by atoms with Gasteiger partial charge >= 0.3 is 0 Å². The highest BCUT2D eigenvalue weighted by Crippen LogP contribution is 2.29. The number of amides is 1. The summed E-state index contributed by atoms with van der Waals surface area (Å²) < 4.78 is 0. The van der Waals surface area contributed by atoms with E-state index in [1.165, 1.54) is 11.1 Å². The van der Waals surface area contributed by atoms with E-state index in [0.29, 0.717) is 12.5 Å². The molecule has 2 heteroatoms. The smallest absolute Gasteiger partial charge is 0.223 e. The maximum atomic E-state index is 11.6. The van der Waals surface area contributed by atoms with Crippen molar-refractivity contribution >= 4 is 5.91 Å². The molecular formula is C12H15NO. The fourth-order valence-corrected chi connectivity index (χ4v) is 1.98. The number of carbonyl (C=O) groups excluding carboxylic acids is 1. The summed E-state index contributed by atoms with van der Waals surface area (Å²) in [4.78, 5) is 11.6. The number of nitrogens with one attached hydrogen (secondary N) is 1. The van der Waals surface area contributed by atoms with Gasteiger partial charge < -0.3 is 5.32 Å². The van der Waals surface area contributed by atoms with Gasteiger partial charge in [0.15, 0.2) is 0 Å². The SMILES string of the molecule is C[C@@H]1C(=O)NCc2ccccc2[C@@H]1C. The zero-order valence-electron chi connectivity index (χ0n) is 8.58. The van der Waals surface area contributed by atoms with E-state index in [2.05, 4.69) is 24.4 Å². The van der Waals surface area contributed by atoms with Gasteiger partial charge in [-0.05, 0) is 17.0 Å². The third kappa shape index (κ3) is 1.41.